The molecular weight excluding hydrogens is 904 g/mol. The largest absolute Gasteiger partial charge is 0.478 e. The number of esters is 1. The zero-order valence-electron chi connectivity index (χ0n) is 31.3. The second-order valence-electron chi connectivity index (χ2n) is 13.8. The number of oxime groups is 2. The first kappa shape index (κ1) is 43.5. The predicted octanol–water partition coefficient (Wildman–Crippen LogP) is 10.4. The number of benzene rings is 4. The van der Waals surface area contributed by atoms with Crippen LogP contribution in [-0.4, -0.2) is 67.5 Å². The molecule has 4 heterocycles. The first-order valence-corrected chi connectivity index (χ1v) is 18.9. The number of rotatable bonds is 6. The number of nitrogens with zero attached hydrogens (tertiary/aromatic N) is 6. The zero-order chi connectivity index (χ0) is 44.4. The van der Waals surface area contributed by atoms with Crippen LogP contribution in [0.3, 0.4) is 0 Å². The molecule has 12 nitrogen and oxygen atoms in total. The van der Waals surface area contributed by atoms with Gasteiger partial charge >= 0.3 is 24.3 Å². The van der Waals surface area contributed by atoms with Gasteiger partial charge in [-0.2, -0.15) is 36.5 Å². The molecule has 1 N–H and O–H groups in total. The van der Waals surface area contributed by atoms with Gasteiger partial charge in [0, 0.05) is 80.1 Å². The number of fused-ring (bicyclic) bond motifs is 2. The molecule has 8 rings (SSSR count). The molecule has 0 saturated heterocycles. The second-order valence-corrected chi connectivity index (χ2v) is 15.5. The van der Waals surface area contributed by atoms with Gasteiger partial charge in [-0.15, -0.1) is 0 Å². The Morgan fingerprint density at radius 1 is 0.672 bits per heavy atom. The van der Waals surface area contributed by atoms with E-state index < -0.39 is 48.3 Å². The summed E-state index contributed by atoms with van der Waals surface area (Å²) in [5.74, 6) is -1.78. The van der Waals surface area contributed by atoms with Crippen molar-refractivity contribution in [3.8, 4) is 0 Å². The van der Waals surface area contributed by atoms with Crippen molar-refractivity contribution in [2.45, 2.75) is 36.4 Å². The first-order valence-electron chi connectivity index (χ1n) is 17.4. The molecule has 2 unspecified atom stereocenters. The number of carbonyl (C=O) groups is 2. The Labute approximate surface area is 359 Å². The summed E-state index contributed by atoms with van der Waals surface area (Å²) in [6.45, 7) is 0. The van der Waals surface area contributed by atoms with Gasteiger partial charge in [0.15, 0.2) is 0 Å². The second kappa shape index (κ2) is 15.7. The highest BCUT2D eigenvalue weighted by Gasteiger charge is 2.63. The Bertz CT molecular complexity index is 2800. The molecule has 6 aromatic rings. The number of alkyl halides is 6. The monoisotopic (exact) mass is 928 g/mol. The van der Waals surface area contributed by atoms with Crippen LogP contribution >= 0.6 is 46.4 Å². The standard InChI is InChI=1S/C20H14Cl2F3N3O3.C19H12Cl2F3N3O3/c1-28-17-14(18(29)30-2)4-3-13(15(17)9-26-28)16-8-19(31-27-16,20(23,24)25)10-5-11(21)7-12(22)6-10;1-27-16-13(17(28)29)3-2-12(14(16)8-25-27)15-7-18(30-26-15,19(22,23)24)9-4-10(20)6-11(21)5-9/h3-7,9H,8H2,1-2H3;2-6,8H,7H2,1H3,(H,28,29). The van der Waals surface area contributed by atoms with E-state index in [1.54, 1.807) is 14.1 Å². The number of aromatic nitrogens is 4. The molecule has 0 amide bonds. The fourth-order valence-corrected chi connectivity index (χ4v) is 8.25. The first-order chi connectivity index (χ1) is 28.6. The third kappa shape index (κ3) is 7.59. The molecule has 0 spiro atoms. The van der Waals surface area contributed by atoms with Crippen molar-refractivity contribution in [3.63, 3.8) is 0 Å². The Hall–Kier alpha value is -5.56. The molecule has 22 heteroatoms. The normalized spacial score (nSPS) is 18.9. The van der Waals surface area contributed by atoms with Crippen molar-refractivity contribution in [1.82, 2.24) is 19.6 Å². The van der Waals surface area contributed by atoms with Crippen LogP contribution in [0.15, 0.2) is 83.4 Å². The third-order valence-corrected chi connectivity index (χ3v) is 11.0. The van der Waals surface area contributed by atoms with Gasteiger partial charge in [0.25, 0.3) is 11.2 Å². The highest BCUT2D eigenvalue weighted by Crippen LogP contribution is 2.51. The summed E-state index contributed by atoms with van der Waals surface area (Å²) in [5, 5.41) is 26.0. The molecule has 61 heavy (non-hydrogen) atoms. The lowest BCUT2D eigenvalue weighted by Crippen LogP contribution is -2.42. The van der Waals surface area contributed by atoms with E-state index >= 15 is 0 Å². The number of carboxylic acids is 1. The van der Waals surface area contributed by atoms with Crippen molar-refractivity contribution in [3.05, 3.63) is 127 Å². The van der Waals surface area contributed by atoms with Crippen LogP contribution in [0.25, 0.3) is 21.8 Å². The van der Waals surface area contributed by atoms with Crippen LogP contribution in [0, 0.1) is 0 Å². The summed E-state index contributed by atoms with van der Waals surface area (Å²) >= 11 is 23.7. The number of ether oxygens (including phenoxy) is 1. The van der Waals surface area contributed by atoms with E-state index in [2.05, 4.69) is 20.5 Å². The van der Waals surface area contributed by atoms with E-state index in [-0.39, 0.29) is 59.3 Å². The van der Waals surface area contributed by atoms with Crippen molar-refractivity contribution >= 4 is 91.6 Å². The lowest BCUT2D eigenvalue weighted by molar-refractivity contribution is -0.276. The van der Waals surface area contributed by atoms with Gasteiger partial charge < -0.3 is 19.5 Å². The lowest BCUT2D eigenvalue weighted by atomic mass is 9.86. The van der Waals surface area contributed by atoms with Gasteiger partial charge in [0.05, 0.1) is 53.1 Å². The molecule has 2 aliphatic heterocycles. The number of hydrogen-bond donors (Lipinski definition) is 1. The predicted molar refractivity (Wildman–Crippen MR) is 213 cm³/mol. The SMILES string of the molecule is COC(=O)c1ccc(C2=NOC(c3cc(Cl)cc(Cl)c3)(C(F)(F)F)C2)c2cnn(C)c12.Cn1ncc2c(C3=NOC(c4cc(Cl)cc(Cl)c4)(C(F)(F)F)C3)ccc(C(=O)O)c21. The molecular formula is C39H26Cl4F6N6O6. The smallest absolute Gasteiger partial charge is 0.435 e. The van der Waals surface area contributed by atoms with Gasteiger partial charge in [-0.3, -0.25) is 9.36 Å². The van der Waals surface area contributed by atoms with Gasteiger partial charge in [-0.05, 0) is 48.5 Å². The van der Waals surface area contributed by atoms with E-state index in [9.17, 15) is 41.0 Å². The average molecular weight is 930 g/mol. The maximum absolute atomic E-state index is 14.2. The quantitative estimate of drug-likeness (QED) is 0.129. The average Bonchev–Trinajstić information content (AvgIpc) is 3.99. The minimum absolute atomic E-state index is 0.00152. The molecule has 2 atom stereocenters. The Morgan fingerprint density at radius 3 is 1.41 bits per heavy atom. The number of methoxy groups -OCH3 is 1. The summed E-state index contributed by atoms with van der Waals surface area (Å²) < 4.78 is 92.7. The van der Waals surface area contributed by atoms with E-state index in [4.69, 9.17) is 60.8 Å². The topological polar surface area (TPSA) is 142 Å². The summed E-state index contributed by atoms with van der Waals surface area (Å²) in [7, 11) is 4.39. The highest BCUT2D eigenvalue weighted by molar-refractivity contribution is 6.35. The number of carbonyl (C=O) groups excluding carboxylic acids is 1. The van der Waals surface area contributed by atoms with Crippen LogP contribution in [0.4, 0.5) is 26.3 Å². The van der Waals surface area contributed by atoms with E-state index in [1.807, 2.05) is 0 Å². The van der Waals surface area contributed by atoms with E-state index in [0.29, 0.717) is 27.4 Å². The molecule has 2 aromatic heterocycles. The van der Waals surface area contributed by atoms with Gasteiger partial charge in [-0.25, -0.2) is 9.59 Å². The number of aromatic carboxylic acids is 1. The summed E-state index contributed by atoms with van der Waals surface area (Å²) in [4.78, 5) is 33.7. The fourth-order valence-electron chi connectivity index (χ4n) is 7.20. The van der Waals surface area contributed by atoms with Gasteiger partial charge in [-0.1, -0.05) is 68.8 Å². The molecule has 0 fully saturated rings. The van der Waals surface area contributed by atoms with Gasteiger partial charge in [0.2, 0.25) is 0 Å². The summed E-state index contributed by atoms with van der Waals surface area (Å²) in [5.41, 5.74) is -4.52. The minimum atomic E-state index is -4.83. The third-order valence-electron chi connectivity index (χ3n) is 10.1. The molecule has 2 aliphatic rings. The number of hydrogen-bond acceptors (Lipinski definition) is 9. The van der Waals surface area contributed by atoms with Crippen molar-refractivity contribution in [2.75, 3.05) is 7.11 Å². The summed E-state index contributed by atoms with van der Waals surface area (Å²) in [6, 6.07) is 12.9. The number of aryl methyl sites for hydroxylation is 2. The van der Waals surface area contributed by atoms with Crippen LogP contribution in [0.2, 0.25) is 20.1 Å². The summed E-state index contributed by atoms with van der Waals surface area (Å²) in [6.07, 6.45) is -8.08. The van der Waals surface area contributed by atoms with Crippen molar-refractivity contribution < 1.29 is 55.5 Å². The van der Waals surface area contributed by atoms with E-state index in [1.165, 1.54) is 65.3 Å². The van der Waals surface area contributed by atoms with Crippen molar-refractivity contribution in [2.24, 2.45) is 24.4 Å². The maximum atomic E-state index is 14.2. The molecule has 0 aliphatic carbocycles. The van der Waals surface area contributed by atoms with Gasteiger partial charge in [0.1, 0.15) is 0 Å². The zero-order valence-corrected chi connectivity index (χ0v) is 34.3. The Kier molecular flexibility index (Phi) is 11.2. The lowest BCUT2D eigenvalue weighted by Gasteiger charge is -2.29. The molecule has 4 aromatic carbocycles. The number of carboxylic acid groups (broad SMARTS) is 1. The van der Waals surface area contributed by atoms with Crippen LogP contribution in [-0.2, 0) is 39.7 Å². The molecule has 0 saturated carbocycles. The maximum Gasteiger partial charge on any atom is 0.435 e. The van der Waals surface area contributed by atoms with Crippen LogP contribution < -0.4 is 0 Å². The van der Waals surface area contributed by atoms with Crippen LogP contribution in [0.5, 0.6) is 0 Å². The Morgan fingerprint density at radius 2 is 1.05 bits per heavy atom. The molecule has 0 bridgehead atoms. The highest BCUT2D eigenvalue weighted by atomic mass is 35.5. The van der Waals surface area contributed by atoms with E-state index in [0.717, 1.165) is 24.3 Å². The fraction of sp³-hybridized carbons (Fsp3) is 0.231. The minimum Gasteiger partial charge on any atom is -0.478 e. The van der Waals surface area contributed by atoms with Crippen LogP contribution in [0.1, 0.15) is 55.8 Å². The number of halogens is 10. The molecule has 318 valence electrons. The van der Waals surface area contributed by atoms with Crippen molar-refractivity contribution in [1.29, 1.82) is 0 Å². The molecule has 0 radical (unpaired) electrons. The Balaban J connectivity index is 0.000000184.